The summed E-state index contributed by atoms with van der Waals surface area (Å²) in [4.78, 5) is 10.6. The summed E-state index contributed by atoms with van der Waals surface area (Å²) in [6.07, 6.45) is 4.95. The fourth-order valence-corrected chi connectivity index (χ4v) is 0.998. The molecule has 1 aromatic rings. The molecule has 3 N–H and O–H groups in total. The molecule has 0 saturated heterocycles. The van der Waals surface area contributed by atoms with Crippen LogP contribution in [0.25, 0.3) is 0 Å². The van der Waals surface area contributed by atoms with Gasteiger partial charge in [-0.1, -0.05) is 12.6 Å². The first-order valence-corrected chi connectivity index (χ1v) is 3.88. The number of hydrogen-bond donors (Lipinski definition) is 2. The standard InChI is InChI=1S/C9H11N3O/c1-2-8(11-9(10)13)12-6-4-3-5-7-12/h2-8H,1H2,(H2-,10,11,13)/p+1. The van der Waals surface area contributed by atoms with Gasteiger partial charge in [0.05, 0.1) is 0 Å². The normalized spacial score (nSPS) is 11.7. The summed E-state index contributed by atoms with van der Waals surface area (Å²) in [5.41, 5.74) is 5.00. The maximum Gasteiger partial charge on any atom is 0.317 e. The van der Waals surface area contributed by atoms with Crippen molar-refractivity contribution in [1.82, 2.24) is 5.32 Å². The zero-order chi connectivity index (χ0) is 9.68. The van der Waals surface area contributed by atoms with E-state index in [9.17, 15) is 4.79 Å². The molecular formula is C9H12N3O+. The second-order valence-electron chi connectivity index (χ2n) is 2.51. The summed E-state index contributed by atoms with van der Waals surface area (Å²) >= 11 is 0. The van der Waals surface area contributed by atoms with Crippen molar-refractivity contribution >= 4 is 6.03 Å². The van der Waals surface area contributed by atoms with Crippen LogP contribution in [0.3, 0.4) is 0 Å². The fourth-order valence-electron chi connectivity index (χ4n) is 0.998. The molecule has 1 unspecified atom stereocenters. The van der Waals surface area contributed by atoms with E-state index in [0.717, 1.165) is 0 Å². The van der Waals surface area contributed by atoms with E-state index in [4.69, 9.17) is 5.73 Å². The highest BCUT2D eigenvalue weighted by atomic mass is 16.2. The number of primary amides is 1. The Labute approximate surface area is 76.7 Å². The molecular weight excluding hydrogens is 166 g/mol. The molecule has 1 atom stereocenters. The number of nitrogens with one attached hydrogen (secondary N) is 1. The smallest absolute Gasteiger partial charge is 0.317 e. The van der Waals surface area contributed by atoms with E-state index in [1.165, 1.54) is 0 Å². The molecule has 2 amide bonds. The van der Waals surface area contributed by atoms with Crippen molar-refractivity contribution in [3.63, 3.8) is 0 Å². The summed E-state index contributed by atoms with van der Waals surface area (Å²) in [5.74, 6) is 0. The Morgan fingerprint density at radius 2 is 2.08 bits per heavy atom. The molecule has 1 heterocycles. The van der Waals surface area contributed by atoms with Crippen LogP contribution in [0.15, 0.2) is 43.2 Å². The van der Waals surface area contributed by atoms with Gasteiger partial charge in [-0.2, -0.15) is 4.57 Å². The van der Waals surface area contributed by atoms with E-state index in [2.05, 4.69) is 11.9 Å². The predicted molar refractivity (Wildman–Crippen MR) is 48.6 cm³/mol. The van der Waals surface area contributed by atoms with Crippen LogP contribution in [-0.2, 0) is 0 Å². The summed E-state index contributed by atoms with van der Waals surface area (Å²) in [5, 5.41) is 2.53. The summed E-state index contributed by atoms with van der Waals surface area (Å²) in [7, 11) is 0. The molecule has 0 aliphatic heterocycles. The van der Waals surface area contributed by atoms with Gasteiger partial charge in [-0.3, -0.25) is 5.32 Å². The lowest BCUT2D eigenvalue weighted by molar-refractivity contribution is -0.715. The molecule has 1 aromatic heterocycles. The molecule has 0 spiro atoms. The van der Waals surface area contributed by atoms with Crippen molar-refractivity contribution in [1.29, 1.82) is 0 Å². The van der Waals surface area contributed by atoms with Crippen LogP contribution in [0.4, 0.5) is 4.79 Å². The second-order valence-corrected chi connectivity index (χ2v) is 2.51. The third-order valence-corrected chi connectivity index (χ3v) is 1.57. The van der Waals surface area contributed by atoms with E-state index in [0.29, 0.717) is 0 Å². The van der Waals surface area contributed by atoms with Crippen molar-refractivity contribution in [2.45, 2.75) is 6.17 Å². The number of carbonyl (C=O) groups excluding carboxylic acids is 1. The van der Waals surface area contributed by atoms with E-state index in [1.54, 1.807) is 10.6 Å². The van der Waals surface area contributed by atoms with E-state index in [-0.39, 0.29) is 6.17 Å². The number of carbonyl (C=O) groups is 1. The molecule has 1 rings (SSSR count). The van der Waals surface area contributed by atoms with E-state index < -0.39 is 6.03 Å². The molecule has 68 valence electrons. The van der Waals surface area contributed by atoms with Crippen LogP contribution in [0.1, 0.15) is 6.17 Å². The lowest BCUT2D eigenvalue weighted by Crippen LogP contribution is -2.49. The fraction of sp³-hybridized carbons (Fsp3) is 0.111. The molecule has 0 fully saturated rings. The van der Waals surface area contributed by atoms with Gasteiger partial charge in [-0.15, -0.1) is 0 Å². The molecule has 13 heavy (non-hydrogen) atoms. The summed E-state index contributed by atoms with van der Waals surface area (Å²) in [6, 6.07) is 5.04. The first-order valence-electron chi connectivity index (χ1n) is 3.88. The minimum atomic E-state index is -0.568. The van der Waals surface area contributed by atoms with Crippen molar-refractivity contribution in [3.8, 4) is 0 Å². The minimum Gasteiger partial charge on any atom is -0.351 e. The highest BCUT2D eigenvalue weighted by Crippen LogP contribution is 1.90. The monoisotopic (exact) mass is 178 g/mol. The predicted octanol–water partition coefficient (Wildman–Crippen LogP) is 0.327. The van der Waals surface area contributed by atoms with Gasteiger partial charge in [-0.05, 0) is 6.08 Å². The SMILES string of the molecule is C=CC(NC(N)=O)[n+]1ccccc1. The molecule has 4 nitrogen and oxygen atoms in total. The molecule has 0 aliphatic rings. The Bertz CT molecular complexity index is 297. The van der Waals surface area contributed by atoms with E-state index in [1.807, 2.05) is 30.6 Å². The van der Waals surface area contributed by atoms with Crippen LogP contribution < -0.4 is 15.6 Å². The Balaban J connectivity index is 2.78. The van der Waals surface area contributed by atoms with Gasteiger partial charge in [-0.25, -0.2) is 4.79 Å². The number of urea groups is 1. The maximum atomic E-state index is 10.6. The third kappa shape index (κ3) is 2.59. The highest BCUT2D eigenvalue weighted by Gasteiger charge is 2.13. The summed E-state index contributed by atoms with van der Waals surface area (Å²) < 4.78 is 1.79. The number of aromatic nitrogens is 1. The topological polar surface area (TPSA) is 59.0 Å². The minimum absolute atomic E-state index is 0.293. The Morgan fingerprint density at radius 1 is 1.46 bits per heavy atom. The molecule has 0 saturated carbocycles. The number of pyridine rings is 1. The van der Waals surface area contributed by atoms with Crippen molar-refractivity contribution in [3.05, 3.63) is 43.2 Å². The zero-order valence-corrected chi connectivity index (χ0v) is 7.18. The molecule has 0 aromatic carbocycles. The van der Waals surface area contributed by atoms with Gasteiger partial charge in [0, 0.05) is 12.1 Å². The van der Waals surface area contributed by atoms with Crippen molar-refractivity contribution < 1.29 is 9.36 Å². The molecule has 0 bridgehead atoms. The zero-order valence-electron chi connectivity index (χ0n) is 7.18. The van der Waals surface area contributed by atoms with Crippen LogP contribution in [-0.4, -0.2) is 6.03 Å². The number of nitrogens with zero attached hydrogens (tertiary/aromatic N) is 1. The Morgan fingerprint density at radius 3 is 2.54 bits per heavy atom. The largest absolute Gasteiger partial charge is 0.351 e. The van der Waals surface area contributed by atoms with Crippen molar-refractivity contribution in [2.24, 2.45) is 5.73 Å². The number of hydrogen-bond acceptors (Lipinski definition) is 1. The van der Waals surface area contributed by atoms with Gasteiger partial charge < -0.3 is 5.73 Å². The number of amides is 2. The van der Waals surface area contributed by atoms with Gasteiger partial charge in [0.2, 0.25) is 0 Å². The highest BCUT2D eigenvalue weighted by molar-refractivity contribution is 5.71. The Hall–Kier alpha value is -1.84. The van der Waals surface area contributed by atoms with Gasteiger partial charge in [0.25, 0.3) is 6.17 Å². The average molecular weight is 178 g/mol. The quantitative estimate of drug-likeness (QED) is 0.508. The number of nitrogens with two attached hydrogens (primary N) is 1. The maximum absolute atomic E-state index is 10.6. The molecule has 0 aliphatic carbocycles. The first-order chi connectivity index (χ1) is 6.24. The summed E-state index contributed by atoms with van der Waals surface area (Å²) in [6.45, 7) is 3.60. The molecule has 4 heteroatoms. The first kappa shape index (κ1) is 9.25. The van der Waals surface area contributed by atoms with Gasteiger partial charge in [0.1, 0.15) is 0 Å². The lowest BCUT2D eigenvalue weighted by Gasteiger charge is -2.06. The number of rotatable bonds is 3. The van der Waals surface area contributed by atoms with Gasteiger partial charge >= 0.3 is 6.03 Å². The van der Waals surface area contributed by atoms with Crippen LogP contribution in [0.5, 0.6) is 0 Å². The average Bonchev–Trinajstić information content (AvgIpc) is 2.15. The second kappa shape index (κ2) is 4.25. The van der Waals surface area contributed by atoms with Gasteiger partial charge in [0.15, 0.2) is 12.4 Å². The third-order valence-electron chi connectivity index (χ3n) is 1.57. The van der Waals surface area contributed by atoms with E-state index >= 15 is 0 Å². The van der Waals surface area contributed by atoms with Crippen LogP contribution in [0, 0.1) is 0 Å². The lowest BCUT2D eigenvalue weighted by atomic mass is 10.4. The van der Waals surface area contributed by atoms with Crippen molar-refractivity contribution in [2.75, 3.05) is 0 Å². The molecule has 0 radical (unpaired) electrons. The van der Waals surface area contributed by atoms with Crippen LogP contribution in [0.2, 0.25) is 0 Å². The Kier molecular flexibility index (Phi) is 3.03. The van der Waals surface area contributed by atoms with Crippen LogP contribution >= 0.6 is 0 Å².